The molecule has 0 spiro atoms. The van der Waals surface area contributed by atoms with Crippen molar-refractivity contribution in [3.05, 3.63) is 58.1 Å². The Morgan fingerprint density at radius 2 is 1.69 bits per heavy atom. The number of carbonyl (C=O) groups is 2. The third kappa shape index (κ3) is 5.29. The summed E-state index contributed by atoms with van der Waals surface area (Å²) in [5.41, 5.74) is 1.61. The monoisotopic (exact) mass is 460 g/mol. The highest BCUT2D eigenvalue weighted by Crippen LogP contribution is 2.27. The first kappa shape index (κ1) is 21.2. The average molecular weight is 461 g/mol. The topological polar surface area (TPSA) is 67.9 Å². The van der Waals surface area contributed by atoms with Crippen molar-refractivity contribution in [1.29, 1.82) is 0 Å². The molecule has 0 saturated carbocycles. The molecule has 2 aromatic rings. The van der Waals surface area contributed by atoms with Crippen LogP contribution in [0.1, 0.15) is 28.8 Å². The molecule has 1 saturated heterocycles. The summed E-state index contributed by atoms with van der Waals surface area (Å²) in [6, 6.07) is 12.9. The number of piperidine rings is 1. The van der Waals surface area contributed by atoms with Crippen LogP contribution in [0.2, 0.25) is 0 Å². The van der Waals surface area contributed by atoms with Gasteiger partial charge in [-0.15, -0.1) is 0 Å². The zero-order chi connectivity index (χ0) is 20.8. The Balaban J connectivity index is 1.50. The molecule has 2 aromatic carbocycles. The second-order valence-corrected chi connectivity index (χ2v) is 7.90. The average Bonchev–Trinajstić information content (AvgIpc) is 2.77. The second-order valence-electron chi connectivity index (χ2n) is 6.98. The van der Waals surface area contributed by atoms with Gasteiger partial charge < -0.3 is 19.7 Å². The van der Waals surface area contributed by atoms with Gasteiger partial charge in [-0.1, -0.05) is 22.0 Å². The van der Waals surface area contributed by atoms with Gasteiger partial charge in [-0.3, -0.25) is 9.59 Å². The van der Waals surface area contributed by atoms with Gasteiger partial charge in [0, 0.05) is 35.6 Å². The number of likely N-dealkylation sites (tertiary alicyclic amines) is 1. The predicted octanol–water partition coefficient (Wildman–Crippen LogP) is 3.63. The van der Waals surface area contributed by atoms with E-state index in [2.05, 4.69) is 21.2 Å². The van der Waals surface area contributed by atoms with Crippen LogP contribution in [-0.4, -0.2) is 44.0 Å². The first-order chi connectivity index (χ1) is 14.0. The SMILES string of the molecule is COc1ccc(CNC(=O)C2CCN(C(=O)c3ccc(Br)cc3)CC2)cc1OC. The molecule has 0 unspecified atom stereocenters. The number of hydrogen-bond acceptors (Lipinski definition) is 4. The summed E-state index contributed by atoms with van der Waals surface area (Å²) in [7, 11) is 3.18. The molecule has 1 fully saturated rings. The van der Waals surface area contributed by atoms with Crippen molar-refractivity contribution in [3.8, 4) is 11.5 Å². The standard InChI is InChI=1S/C22H25BrN2O4/c1-28-19-8-3-15(13-20(19)29-2)14-24-21(26)16-9-11-25(12-10-16)22(27)17-4-6-18(23)7-5-17/h3-8,13,16H,9-12,14H2,1-2H3,(H,24,26). The lowest BCUT2D eigenvalue weighted by atomic mass is 9.95. The molecule has 0 bridgehead atoms. The van der Waals surface area contributed by atoms with E-state index >= 15 is 0 Å². The number of methoxy groups -OCH3 is 2. The summed E-state index contributed by atoms with van der Waals surface area (Å²) in [6.45, 7) is 1.60. The van der Waals surface area contributed by atoms with Crippen LogP contribution in [0.25, 0.3) is 0 Å². The molecule has 2 amide bonds. The normalized spacial score (nSPS) is 14.4. The van der Waals surface area contributed by atoms with Crippen molar-refractivity contribution in [2.45, 2.75) is 19.4 Å². The van der Waals surface area contributed by atoms with Crippen LogP contribution in [0.15, 0.2) is 46.9 Å². The van der Waals surface area contributed by atoms with Crippen LogP contribution in [0, 0.1) is 5.92 Å². The maximum absolute atomic E-state index is 12.6. The predicted molar refractivity (Wildman–Crippen MR) is 114 cm³/mol. The molecule has 7 heteroatoms. The molecule has 1 heterocycles. The number of nitrogens with zero attached hydrogens (tertiary/aromatic N) is 1. The van der Waals surface area contributed by atoms with E-state index in [-0.39, 0.29) is 17.7 Å². The third-order valence-corrected chi connectivity index (χ3v) is 5.69. The van der Waals surface area contributed by atoms with Gasteiger partial charge >= 0.3 is 0 Å². The molecular formula is C22H25BrN2O4. The smallest absolute Gasteiger partial charge is 0.253 e. The van der Waals surface area contributed by atoms with Gasteiger partial charge in [0.1, 0.15) is 0 Å². The van der Waals surface area contributed by atoms with Crippen molar-refractivity contribution in [2.24, 2.45) is 5.92 Å². The van der Waals surface area contributed by atoms with Crippen LogP contribution >= 0.6 is 15.9 Å². The Morgan fingerprint density at radius 1 is 1.03 bits per heavy atom. The zero-order valence-corrected chi connectivity index (χ0v) is 18.2. The number of rotatable bonds is 6. The van der Waals surface area contributed by atoms with E-state index < -0.39 is 0 Å². The Morgan fingerprint density at radius 3 is 2.31 bits per heavy atom. The first-order valence-electron chi connectivity index (χ1n) is 9.55. The molecular weight excluding hydrogens is 436 g/mol. The summed E-state index contributed by atoms with van der Waals surface area (Å²) >= 11 is 3.38. The van der Waals surface area contributed by atoms with Crippen molar-refractivity contribution in [2.75, 3.05) is 27.3 Å². The van der Waals surface area contributed by atoms with Gasteiger partial charge in [-0.05, 0) is 54.8 Å². The van der Waals surface area contributed by atoms with Gasteiger partial charge in [0.15, 0.2) is 11.5 Å². The van der Waals surface area contributed by atoms with E-state index in [1.54, 1.807) is 14.2 Å². The molecule has 3 rings (SSSR count). The number of halogens is 1. The minimum absolute atomic E-state index is 0.0155. The van der Waals surface area contributed by atoms with Crippen molar-refractivity contribution < 1.29 is 19.1 Å². The summed E-state index contributed by atoms with van der Waals surface area (Å²) in [6.07, 6.45) is 1.33. The molecule has 0 aliphatic carbocycles. The van der Waals surface area contributed by atoms with Gasteiger partial charge in [0.05, 0.1) is 14.2 Å². The molecule has 1 aliphatic rings. The quantitative estimate of drug-likeness (QED) is 0.714. The number of amides is 2. The van der Waals surface area contributed by atoms with E-state index in [0.29, 0.717) is 49.5 Å². The van der Waals surface area contributed by atoms with Crippen LogP contribution in [0.3, 0.4) is 0 Å². The highest BCUT2D eigenvalue weighted by atomic mass is 79.9. The zero-order valence-electron chi connectivity index (χ0n) is 16.6. The third-order valence-electron chi connectivity index (χ3n) is 5.16. The largest absolute Gasteiger partial charge is 0.493 e. The Hall–Kier alpha value is -2.54. The first-order valence-corrected chi connectivity index (χ1v) is 10.3. The van der Waals surface area contributed by atoms with Gasteiger partial charge in [0.25, 0.3) is 5.91 Å². The maximum Gasteiger partial charge on any atom is 0.253 e. The minimum atomic E-state index is -0.0795. The summed E-state index contributed by atoms with van der Waals surface area (Å²) < 4.78 is 11.5. The van der Waals surface area contributed by atoms with Crippen LogP contribution in [0.5, 0.6) is 11.5 Å². The lowest BCUT2D eigenvalue weighted by molar-refractivity contribution is -0.126. The summed E-state index contributed by atoms with van der Waals surface area (Å²) in [5, 5.41) is 3.00. The van der Waals surface area contributed by atoms with E-state index in [0.717, 1.165) is 10.0 Å². The number of benzene rings is 2. The Kier molecular flexibility index (Phi) is 7.14. The fourth-order valence-electron chi connectivity index (χ4n) is 3.44. The van der Waals surface area contributed by atoms with Crippen molar-refractivity contribution in [1.82, 2.24) is 10.2 Å². The maximum atomic E-state index is 12.6. The molecule has 1 N–H and O–H groups in total. The lowest BCUT2D eigenvalue weighted by Crippen LogP contribution is -2.42. The fourth-order valence-corrected chi connectivity index (χ4v) is 3.71. The van der Waals surface area contributed by atoms with Crippen LogP contribution < -0.4 is 14.8 Å². The lowest BCUT2D eigenvalue weighted by Gasteiger charge is -2.31. The highest BCUT2D eigenvalue weighted by molar-refractivity contribution is 9.10. The molecule has 0 aromatic heterocycles. The van der Waals surface area contributed by atoms with E-state index in [4.69, 9.17) is 9.47 Å². The molecule has 154 valence electrons. The van der Waals surface area contributed by atoms with Crippen molar-refractivity contribution in [3.63, 3.8) is 0 Å². The van der Waals surface area contributed by atoms with E-state index in [1.165, 1.54) is 0 Å². The Labute approximate surface area is 179 Å². The van der Waals surface area contributed by atoms with Crippen LogP contribution in [0.4, 0.5) is 0 Å². The number of nitrogens with one attached hydrogen (secondary N) is 1. The minimum Gasteiger partial charge on any atom is -0.493 e. The van der Waals surface area contributed by atoms with Gasteiger partial charge in [-0.2, -0.15) is 0 Å². The number of hydrogen-bond donors (Lipinski definition) is 1. The Bertz CT molecular complexity index is 862. The van der Waals surface area contributed by atoms with Gasteiger partial charge in [-0.25, -0.2) is 0 Å². The highest BCUT2D eigenvalue weighted by Gasteiger charge is 2.27. The number of carbonyl (C=O) groups excluding carboxylic acids is 2. The molecule has 0 radical (unpaired) electrons. The van der Waals surface area contributed by atoms with Crippen LogP contribution in [-0.2, 0) is 11.3 Å². The van der Waals surface area contributed by atoms with Gasteiger partial charge in [0.2, 0.25) is 5.91 Å². The molecule has 29 heavy (non-hydrogen) atoms. The summed E-state index contributed by atoms with van der Waals surface area (Å²) in [4.78, 5) is 27.0. The number of ether oxygens (including phenoxy) is 2. The van der Waals surface area contributed by atoms with Crippen molar-refractivity contribution >= 4 is 27.7 Å². The summed E-state index contributed by atoms with van der Waals surface area (Å²) in [5.74, 6) is 1.26. The van der Waals surface area contributed by atoms with E-state index in [1.807, 2.05) is 47.4 Å². The molecule has 1 aliphatic heterocycles. The fraction of sp³-hybridized carbons (Fsp3) is 0.364. The van der Waals surface area contributed by atoms with E-state index in [9.17, 15) is 9.59 Å². The molecule has 0 atom stereocenters. The second kappa shape index (κ2) is 9.78. The molecule has 6 nitrogen and oxygen atoms in total.